The summed E-state index contributed by atoms with van der Waals surface area (Å²) in [6, 6.07) is 11.8. The fraction of sp³-hybridized carbons (Fsp3) is 0.480. The van der Waals surface area contributed by atoms with Crippen LogP contribution in [0.1, 0.15) is 58.2 Å². The van der Waals surface area contributed by atoms with Gasteiger partial charge in [-0.1, -0.05) is 53.7 Å². The van der Waals surface area contributed by atoms with Crippen LogP contribution >= 0.6 is 11.8 Å². The first-order valence-electron chi connectivity index (χ1n) is 10.4. The molecule has 0 heterocycles. The predicted molar refractivity (Wildman–Crippen MR) is 130 cm³/mol. The van der Waals surface area contributed by atoms with Crippen molar-refractivity contribution < 1.29 is 14.3 Å². The number of para-hydroxylation sites is 1. The quantitative estimate of drug-likeness (QED) is 0.388. The number of benzene rings is 2. The fourth-order valence-corrected chi connectivity index (χ4v) is 3.83. The summed E-state index contributed by atoms with van der Waals surface area (Å²) in [5.41, 5.74) is 3.79. The Hall–Kier alpha value is -2.18. The van der Waals surface area contributed by atoms with Crippen LogP contribution < -0.4 is 15.4 Å². The first-order chi connectivity index (χ1) is 14.5. The Morgan fingerprint density at radius 2 is 1.58 bits per heavy atom. The molecule has 2 rings (SSSR count). The normalized spacial score (nSPS) is 11.9. The van der Waals surface area contributed by atoms with Gasteiger partial charge in [0.25, 0.3) is 0 Å². The number of carbonyl (C=O) groups is 1. The minimum absolute atomic E-state index is 0.126. The number of hydrogen-bond acceptors (Lipinski definition) is 4. The van der Waals surface area contributed by atoms with Crippen LogP contribution in [0.25, 0.3) is 0 Å². The molecule has 2 aromatic rings. The van der Waals surface area contributed by atoms with E-state index >= 15 is 0 Å². The molecular weight excluding hydrogens is 408 g/mol. The highest BCUT2D eigenvalue weighted by Crippen LogP contribution is 2.40. The first-order valence-corrected chi connectivity index (χ1v) is 11.7. The van der Waals surface area contributed by atoms with Crippen molar-refractivity contribution in [1.29, 1.82) is 0 Å². The average Bonchev–Trinajstić information content (AvgIpc) is 2.69. The lowest BCUT2D eigenvalue weighted by atomic mass is 9.78. The lowest BCUT2D eigenvalue weighted by Gasteiger charge is -2.30. The molecule has 0 unspecified atom stereocenters. The number of amides is 2. The van der Waals surface area contributed by atoms with E-state index in [1.165, 1.54) is 0 Å². The zero-order valence-electron chi connectivity index (χ0n) is 20.0. The van der Waals surface area contributed by atoms with Gasteiger partial charge in [0.15, 0.2) is 6.79 Å². The lowest BCUT2D eigenvalue weighted by molar-refractivity contribution is 0.0484. The van der Waals surface area contributed by atoms with Gasteiger partial charge in [-0.05, 0) is 46.9 Å². The minimum Gasteiger partial charge on any atom is -0.467 e. The van der Waals surface area contributed by atoms with Gasteiger partial charge in [0.1, 0.15) is 5.75 Å². The molecule has 0 aliphatic rings. The van der Waals surface area contributed by atoms with E-state index in [0.29, 0.717) is 6.54 Å². The molecule has 0 saturated heterocycles. The van der Waals surface area contributed by atoms with Crippen LogP contribution in [-0.4, -0.2) is 26.2 Å². The molecular formula is C25H36N2O3S. The fourth-order valence-electron chi connectivity index (χ4n) is 3.28. The van der Waals surface area contributed by atoms with E-state index in [2.05, 4.69) is 64.3 Å². The van der Waals surface area contributed by atoms with E-state index in [0.717, 1.165) is 33.0 Å². The van der Waals surface area contributed by atoms with Crippen LogP contribution in [0.2, 0.25) is 0 Å². The third kappa shape index (κ3) is 6.91. The van der Waals surface area contributed by atoms with Gasteiger partial charge in [-0.25, -0.2) is 4.79 Å². The summed E-state index contributed by atoms with van der Waals surface area (Å²) in [6.07, 6.45) is 1.99. The number of carbonyl (C=O) groups excluding carboxylic acids is 1. The minimum atomic E-state index is -0.226. The second kappa shape index (κ2) is 10.4. The maximum atomic E-state index is 12.6. The molecule has 0 radical (unpaired) electrons. The zero-order chi connectivity index (χ0) is 23.2. The zero-order valence-corrected chi connectivity index (χ0v) is 20.8. The Morgan fingerprint density at radius 1 is 1.00 bits per heavy atom. The second-order valence-corrected chi connectivity index (χ2v) is 10.4. The van der Waals surface area contributed by atoms with E-state index < -0.39 is 0 Å². The van der Waals surface area contributed by atoms with Gasteiger partial charge in [-0.15, -0.1) is 11.8 Å². The number of nitrogens with one attached hydrogen (secondary N) is 2. The highest BCUT2D eigenvalue weighted by atomic mass is 32.2. The molecule has 0 spiro atoms. The smallest absolute Gasteiger partial charge is 0.319 e. The molecule has 6 heteroatoms. The van der Waals surface area contributed by atoms with Crippen molar-refractivity contribution in [1.82, 2.24) is 5.32 Å². The lowest BCUT2D eigenvalue weighted by Crippen LogP contribution is -2.29. The number of rotatable bonds is 7. The summed E-state index contributed by atoms with van der Waals surface area (Å²) < 4.78 is 11.2. The Kier molecular flexibility index (Phi) is 8.43. The molecule has 0 fully saturated rings. The summed E-state index contributed by atoms with van der Waals surface area (Å²) >= 11 is 1.60. The molecule has 0 aliphatic carbocycles. The number of thioether (sulfide) groups is 1. The molecule has 0 bridgehead atoms. The third-order valence-corrected chi connectivity index (χ3v) is 5.69. The molecule has 5 nitrogen and oxygen atoms in total. The van der Waals surface area contributed by atoms with Crippen molar-refractivity contribution in [3.63, 3.8) is 0 Å². The SMILES string of the molecule is COCOc1c(C(C)(C)C)cc(CNC(=O)Nc2ccccc2SC)cc1C(C)(C)C. The Labute approximate surface area is 191 Å². The van der Waals surface area contributed by atoms with Crippen LogP contribution in [0.3, 0.4) is 0 Å². The average molecular weight is 445 g/mol. The molecule has 31 heavy (non-hydrogen) atoms. The van der Waals surface area contributed by atoms with Crippen LogP contribution in [0, 0.1) is 0 Å². The van der Waals surface area contributed by atoms with Crippen LogP contribution in [0.5, 0.6) is 5.75 Å². The topological polar surface area (TPSA) is 59.6 Å². The molecule has 0 aromatic heterocycles. The van der Waals surface area contributed by atoms with E-state index in [1.807, 2.05) is 30.5 Å². The Morgan fingerprint density at radius 3 is 2.10 bits per heavy atom. The molecule has 2 amide bonds. The van der Waals surface area contributed by atoms with Gasteiger partial charge < -0.3 is 20.1 Å². The highest BCUT2D eigenvalue weighted by Gasteiger charge is 2.28. The number of urea groups is 1. The van der Waals surface area contributed by atoms with Gasteiger partial charge >= 0.3 is 6.03 Å². The van der Waals surface area contributed by atoms with Gasteiger partial charge in [0, 0.05) is 29.7 Å². The van der Waals surface area contributed by atoms with Gasteiger partial charge in [0.05, 0.1) is 5.69 Å². The predicted octanol–water partition coefficient (Wildman–Crippen LogP) is 6.31. The summed E-state index contributed by atoms with van der Waals surface area (Å²) in [7, 11) is 1.62. The maximum Gasteiger partial charge on any atom is 0.319 e. The summed E-state index contributed by atoms with van der Waals surface area (Å²) in [5, 5.41) is 5.94. The monoisotopic (exact) mass is 444 g/mol. The second-order valence-electron chi connectivity index (χ2n) is 9.58. The van der Waals surface area contributed by atoms with Gasteiger partial charge in [-0.3, -0.25) is 0 Å². The van der Waals surface area contributed by atoms with Crippen LogP contribution in [0.15, 0.2) is 41.3 Å². The van der Waals surface area contributed by atoms with Crippen molar-refractivity contribution in [2.24, 2.45) is 0 Å². The number of anilines is 1. The molecule has 2 N–H and O–H groups in total. The number of methoxy groups -OCH3 is 1. The van der Waals surface area contributed by atoms with E-state index in [1.54, 1.807) is 18.9 Å². The van der Waals surface area contributed by atoms with Gasteiger partial charge in [-0.2, -0.15) is 0 Å². The van der Waals surface area contributed by atoms with Gasteiger partial charge in [0.2, 0.25) is 0 Å². The van der Waals surface area contributed by atoms with Crippen molar-refractivity contribution in [3.8, 4) is 5.75 Å². The van der Waals surface area contributed by atoms with E-state index in [9.17, 15) is 4.79 Å². The molecule has 0 atom stereocenters. The van der Waals surface area contributed by atoms with Crippen LogP contribution in [0.4, 0.5) is 10.5 Å². The summed E-state index contributed by atoms with van der Waals surface area (Å²) in [6.45, 7) is 13.6. The van der Waals surface area contributed by atoms with Crippen molar-refractivity contribution in [2.45, 2.75) is 63.8 Å². The van der Waals surface area contributed by atoms with Crippen molar-refractivity contribution >= 4 is 23.5 Å². The van der Waals surface area contributed by atoms with E-state index in [-0.39, 0.29) is 23.7 Å². The molecule has 170 valence electrons. The van der Waals surface area contributed by atoms with Crippen molar-refractivity contribution in [2.75, 3.05) is 25.5 Å². The summed E-state index contributed by atoms with van der Waals surface area (Å²) in [4.78, 5) is 13.6. The Balaban J connectivity index is 2.30. The third-order valence-electron chi connectivity index (χ3n) is 4.89. The highest BCUT2D eigenvalue weighted by molar-refractivity contribution is 7.98. The summed E-state index contributed by atoms with van der Waals surface area (Å²) in [5.74, 6) is 0.865. The maximum absolute atomic E-state index is 12.6. The number of hydrogen-bond donors (Lipinski definition) is 2. The number of ether oxygens (including phenoxy) is 2. The van der Waals surface area contributed by atoms with Crippen LogP contribution in [-0.2, 0) is 22.1 Å². The van der Waals surface area contributed by atoms with Crippen molar-refractivity contribution in [3.05, 3.63) is 53.1 Å². The largest absolute Gasteiger partial charge is 0.467 e. The molecule has 0 aliphatic heterocycles. The molecule has 0 saturated carbocycles. The van der Waals surface area contributed by atoms with E-state index in [4.69, 9.17) is 9.47 Å². The standard InChI is InChI=1S/C25H36N2O3S/c1-24(2,3)18-13-17(14-19(25(4,5)6)22(18)30-16-29-7)15-26-23(28)27-20-11-9-10-12-21(20)31-8/h9-14H,15-16H2,1-8H3,(H2,26,27,28). The molecule has 2 aromatic carbocycles. The first kappa shape index (κ1) is 25.1. The Bertz CT molecular complexity index is 863.